The summed E-state index contributed by atoms with van der Waals surface area (Å²) in [7, 11) is 0. The van der Waals surface area contributed by atoms with Gasteiger partial charge in [-0.2, -0.15) is 5.26 Å². The summed E-state index contributed by atoms with van der Waals surface area (Å²) in [6.07, 6.45) is 4.35. The first-order valence-corrected chi connectivity index (χ1v) is 9.94. The van der Waals surface area contributed by atoms with Crippen LogP contribution in [0.2, 0.25) is 5.02 Å². The molecule has 0 unspecified atom stereocenters. The number of hydrogen-bond acceptors (Lipinski definition) is 4. The zero-order valence-corrected chi connectivity index (χ0v) is 17.9. The highest BCUT2D eigenvalue weighted by Crippen LogP contribution is 2.55. The van der Waals surface area contributed by atoms with Crippen molar-refractivity contribution in [3.8, 4) is 6.07 Å². The minimum absolute atomic E-state index is 0.281. The van der Waals surface area contributed by atoms with Crippen molar-refractivity contribution < 1.29 is 9.53 Å². The highest BCUT2D eigenvalue weighted by atomic mass is 79.9. The van der Waals surface area contributed by atoms with Gasteiger partial charge in [-0.3, -0.25) is 4.90 Å². The molecule has 140 valence electrons. The molecule has 1 amide bonds. The fourth-order valence-electron chi connectivity index (χ4n) is 3.86. The van der Waals surface area contributed by atoms with Crippen LogP contribution in [0.1, 0.15) is 58.9 Å². The summed E-state index contributed by atoms with van der Waals surface area (Å²) in [5.41, 5.74) is -0.287. The first-order chi connectivity index (χ1) is 12.0. The molecule has 0 atom stereocenters. The van der Waals surface area contributed by atoms with E-state index in [1.165, 1.54) is 0 Å². The van der Waals surface area contributed by atoms with E-state index in [4.69, 9.17) is 16.3 Å². The number of carbonyl (C=O) groups excluding carboxylic acids is 1. The molecule has 1 aromatic rings. The van der Waals surface area contributed by atoms with Crippen molar-refractivity contribution in [2.75, 3.05) is 11.4 Å². The second kappa shape index (κ2) is 6.38. The van der Waals surface area contributed by atoms with E-state index < -0.39 is 11.7 Å². The number of anilines is 1. The summed E-state index contributed by atoms with van der Waals surface area (Å²) >= 11 is 10.1. The van der Waals surface area contributed by atoms with Crippen LogP contribution in [0.5, 0.6) is 0 Å². The topological polar surface area (TPSA) is 66.2 Å². The number of pyridine rings is 1. The Morgan fingerprint density at radius 1 is 1.38 bits per heavy atom. The van der Waals surface area contributed by atoms with E-state index in [0.29, 0.717) is 17.4 Å². The van der Waals surface area contributed by atoms with Crippen LogP contribution >= 0.6 is 27.5 Å². The molecule has 2 heterocycles. The van der Waals surface area contributed by atoms with Gasteiger partial charge in [0, 0.05) is 23.7 Å². The minimum atomic E-state index is -0.585. The Hall–Kier alpha value is -1.32. The lowest BCUT2D eigenvalue weighted by molar-refractivity contribution is 0.0571. The van der Waals surface area contributed by atoms with Crippen molar-refractivity contribution in [1.29, 1.82) is 5.26 Å². The molecule has 26 heavy (non-hydrogen) atoms. The summed E-state index contributed by atoms with van der Waals surface area (Å²) in [5, 5.41) is 10.1. The quantitative estimate of drug-likeness (QED) is 0.527. The standard InChI is InChI=1S/C19H23BrClN3O2/c1-17(2,3)26-16(25)24-11-19(7-5-18(4,10-22)6-8-19)13-14(21)12(20)9-23-15(13)24/h9H,5-8,11H2,1-4H3. The van der Waals surface area contributed by atoms with Crippen LogP contribution < -0.4 is 4.90 Å². The number of halogens is 2. The highest BCUT2D eigenvalue weighted by Gasteiger charge is 2.51. The highest BCUT2D eigenvalue weighted by molar-refractivity contribution is 9.10. The molecule has 1 spiro atoms. The number of nitrogens with zero attached hydrogens (tertiary/aromatic N) is 3. The Morgan fingerprint density at radius 2 is 2.00 bits per heavy atom. The van der Waals surface area contributed by atoms with E-state index in [0.717, 1.165) is 35.7 Å². The summed E-state index contributed by atoms with van der Waals surface area (Å²) < 4.78 is 6.30. The first-order valence-electron chi connectivity index (χ1n) is 8.77. The molecule has 5 nitrogen and oxygen atoms in total. The predicted molar refractivity (Wildman–Crippen MR) is 104 cm³/mol. The molecule has 1 aliphatic carbocycles. The van der Waals surface area contributed by atoms with Crippen molar-refractivity contribution in [2.24, 2.45) is 5.41 Å². The molecule has 1 saturated carbocycles. The van der Waals surface area contributed by atoms with Gasteiger partial charge in [-0.15, -0.1) is 0 Å². The third kappa shape index (κ3) is 3.32. The zero-order chi connectivity index (χ0) is 19.3. The van der Waals surface area contributed by atoms with E-state index in [9.17, 15) is 10.1 Å². The fourth-order valence-corrected chi connectivity index (χ4v) is 4.49. The summed E-state index contributed by atoms with van der Waals surface area (Å²) in [4.78, 5) is 18.9. The largest absolute Gasteiger partial charge is 0.443 e. The number of carbonyl (C=O) groups is 1. The lowest BCUT2D eigenvalue weighted by Crippen LogP contribution is -2.43. The SMILES string of the molecule is CC1(C#N)CCC2(CC1)CN(C(=O)OC(C)(C)C)c1ncc(Br)c(Cl)c12. The summed E-state index contributed by atoms with van der Waals surface area (Å²) in [6, 6.07) is 2.44. The third-order valence-corrected chi connectivity index (χ3v) is 6.62. The van der Waals surface area contributed by atoms with Crippen LogP contribution in [0.3, 0.4) is 0 Å². The monoisotopic (exact) mass is 439 g/mol. The van der Waals surface area contributed by atoms with Crippen LogP contribution in [0.25, 0.3) is 0 Å². The van der Waals surface area contributed by atoms with Gasteiger partial charge in [0.15, 0.2) is 0 Å². The number of aromatic nitrogens is 1. The van der Waals surface area contributed by atoms with Crippen molar-refractivity contribution in [1.82, 2.24) is 4.98 Å². The molecule has 0 aromatic carbocycles. The van der Waals surface area contributed by atoms with Gasteiger partial charge in [-0.25, -0.2) is 9.78 Å². The fraction of sp³-hybridized carbons (Fsp3) is 0.632. The van der Waals surface area contributed by atoms with Gasteiger partial charge in [0.25, 0.3) is 0 Å². The van der Waals surface area contributed by atoms with E-state index in [2.05, 4.69) is 27.0 Å². The van der Waals surface area contributed by atoms with Crippen LogP contribution in [0, 0.1) is 16.7 Å². The summed E-state index contributed by atoms with van der Waals surface area (Å²) in [5.74, 6) is 0.577. The predicted octanol–water partition coefficient (Wildman–Crippen LogP) is 5.59. The van der Waals surface area contributed by atoms with Crippen molar-refractivity contribution in [3.05, 3.63) is 21.3 Å². The molecule has 1 aliphatic heterocycles. The first kappa shape index (κ1) is 19.4. The van der Waals surface area contributed by atoms with E-state index in [-0.39, 0.29) is 10.8 Å². The number of nitriles is 1. The second-order valence-electron chi connectivity index (χ2n) is 8.64. The Balaban J connectivity index is 2.02. The zero-order valence-electron chi connectivity index (χ0n) is 15.5. The van der Waals surface area contributed by atoms with E-state index in [1.807, 2.05) is 27.7 Å². The van der Waals surface area contributed by atoms with Gasteiger partial charge in [-0.1, -0.05) is 11.6 Å². The number of amides is 1. The maximum absolute atomic E-state index is 12.8. The molecule has 0 radical (unpaired) electrons. The van der Waals surface area contributed by atoms with Gasteiger partial charge < -0.3 is 4.74 Å². The smallest absolute Gasteiger partial charge is 0.416 e. The third-order valence-electron chi connectivity index (χ3n) is 5.39. The number of hydrogen-bond donors (Lipinski definition) is 0. The number of fused-ring (bicyclic) bond motifs is 2. The van der Waals surface area contributed by atoms with Crippen LogP contribution in [0.4, 0.5) is 10.6 Å². The average molecular weight is 441 g/mol. The Morgan fingerprint density at radius 3 is 2.54 bits per heavy atom. The van der Waals surface area contributed by atoms with Gasteiger partial charge in [0.05, 0.1) is 21.0 Å². The lowest BCUT2D eigenvalue weighted by atomic mass is 9.63. The summed E-state index contributed by atoms with van der Waals surface area (Å²) in [6.45, 7) is 8.03. The molecule has 1 aromatic heterocycles. The number of ether oxygens (including phenoxy) is 1. The molecule has 0 bridgehead atoms. The van der Waals surface area contributed by atoms with Gasteiger partial charge >= 0.3 is 6.09 Å². The lowest BCUT2D eigenvalue weighted by Gasteiger charge is -2.40. The molecular weight excluding hydrogens is 418 g/mol. The van der Waals surface area contributed by atoms with Gasteiger partial charge in [-0.05, 0) is 69.3 Å². The Labute approximate surface area is 167 Å². The molecule has 2 aliphatic rings. The second-order valence-corrected chi connectivity index (χ2v) is 9.87. The Kier molecular flexibility index (Phi) is 4.77. The molecule has 0 saturated heterocycles. The maximum atomic E-state index is 12.8. The van der Waals surface area contributed by atoms with Crippen molar-refractivity contribution >= 4 is 39.4 Å². The van der Waals surface area contributed by atoms with Crippen LogP contribution in [0.15, 0.2) is 10.7 Å². The van der Waals surface area contributed by atoms with E-state index >= 15 is 0 Å². The van der Waals surface area contributed by atoms with Crippen molar-refractivity contribution in [2.45, 2.75) is 64.4 Å². The minimum Gasteiger partial charge on any atom is -0.443 e. The average Bonchev–Trinajstić information content (AvgIpc) is 2.88. The van der Waals surface area contributed by atoms with E-state index in [1.54, 1.807) is 11.1 Å². The van der Waals surface area contributed by atoms with Gasteiger partial charge in [0.2, 0.25) is 0 Å². The molecule has 3 rings (SSSR count). The molecular formula is C19H23BrClN3O2. The molecule has 1 fully saturated rings. The molecule has 7 heteroatoms. The normalized spacial score (nSPS) is 28.0. The van der Waals surface area contributed by atoms with Crippen LogP contribution in [-0.2, 0) is 10.2 Å². The maximum Gasteiger partial charge on any atom is 0.416 e. The van der Waals surface area contributed by atoms with Crippen LogP contribution in [-0.4, -0.2) is 23.2 Å². The van der Waals surface area contributed by atoms with Crippen molar-refractivity contribution in [3.63, 3.8) is 0 Å². The van der Waals surface area contributed by atoms with Gasteiger partial charge in [0.1, 0.15) is 11.4 Å². The Bertz CT molecular complexity index is 789. The molecule has 0 N–H and O–H groups in total. The number of rotatable bonds is 0.